The van der Waals surface area contributed by atoms with Crippen molar-refractivity contribution in [3.8, 4) is 11.3 Å². The molecule has 4 rings (SSSR count). The van der Waals surface area contributed by atoms with E-state index < -0.39 is 0 Å². The van der Waals surface area contributed by atoms with Gasteiger partial charge in [-0.25, -0.2) is 4.98 Å². The molecule has 1 aromatic carbocycles. The molecule has 1 N–H and O–H groups in total. The molecular weight excluding hydrogens is 362 g/mol. The molecular formula is C23H27N5O. The Kier molecular flexibility index (Phi) is 5.60. The molecule has 2 aromatic heterocycles. The fourth-order valence-electron chi connectivity index (χ4n) is 3.71. The predicted octanol–water partition coefficient (Wildman–Crippen LogP) is 3.97. The number of carbonyl (C=O) groups excluding carboxylic acids is 1. The van der Waals surface area contributed by atoms with Gasteiger partial charge in [-0.15, -0.1) is 0 Å². The first-order chi connectivity index (χ1) is 14.1. The number of likely N-dealkylation sites (tertiary alicyclic amines) is 1. The molecule has 0 bridgehead atoms. The topological polar surface area (TPSA) is 63.1 Å². The van der Waals surface area contributed by atoms with Gasteiger partial charge in [0, 0.05) is 50.2 Å². The lowest BCUT2D eigenvalue weighted by Gasteiger charge is -2.30. The number of nitrogens with zero attached hydrogens (tertiary/aromatic N) is 4. The van der Waals surface area contributed by atoms with Crippen molar-refractivity contribution < 1.29 is 4.79 Å². The first kappa shape index (κ1) is 19.2. The highest BCUT2D eigenvalue weighted by molar-refractivity contribution is 5.94. The molecule has 1 aliphatic rings. The van der Waals surface area contributed by atoms with E-state index in [2.05, 4.69) is 34.5 Å². The number of hydrogen-bond donors (Lipinski definition) is 1. The first-order valence-corrected chi connectivity index (χ1v) is 10.2. The molecule has 29 heavy (non-hydrogen) atoms. The van der Waals surface area contributed by atoms with Gasteiger partial charge in [-0.2, -0.15) is 5.10 Å². The van der Waals surface area contributed by atoms with Crippen molar-refractivity contribution in [2.24, 2.45) is 13.0 Å². The number of carbonyl (C=O) groups is 1. The highest BCUT2D eigenvalue weighted by Gasteiger charge is 2.21. The maximum atomic E-state index is 12.7. The number of rotatable bonds is 5. The predicted molar refractivity (Wildman–Crippen MR) is 115 cm³/mol. The molecule has 3 aromatic rings. The molecule has 6 heteroatoms. The van der Waals surface area contributed by atoms with E-state index in [0.29, 0.717) is 18.0 Å². The van der Waals surface area contributed by atoms with Crippen LogP contribution in [0.1, 0.15) is 35.7 Å². The van der Waals surface area contributed by atoms with Gasteiger partial charge in [-0.05, 0) is 30.9 Å². The van der Waals surface area contributed by atoms with Crippen LogP contribution in [0.15, 0.2) is 54.9 Å². The minimum absolute atomic E-state index is 0.0783. The fraction of sp³-hybridized carbons (Fsp3) is 0.348. The number of anilines is 1. The molecule has 0 aliphatic carbocycles. The van der Waals surface area contributed by atoms with Crippen LogP contribution in [-0.2, 0) is 13.6 Å². The summed E-state index contributed by atoms with van der Waals surface area (Å²) in [5.41, 5.74) is 3.81. The second kappa shape index (κ2) is 8.47. The average molecular weight is 390 g/mol. The molecule has 1 amide bonds. The molecule has 6 nitrogen and oxygen atoms in total. The number of amides is 1. The summed E-state index contributed by atoms with van der Waals surface area (Å²) in [5, 5.41) is 7.94. The van der Waals surface area contributed by atoms with E-state index in [9.17, 15) is 4.79 Å². The monoisotopic (exact) mass is 389 g/mol. The van der Waals surface area contributed by atoms with E-state index in [1.165, 1.54) is 0 Å². The Bertz CT molecular complexity index is 957. The Labute approximate surface area is 171 Å². The van der Waals surface area contributed by atoms with Crippen molar-refractivity contribution in [1.29, 1.82) is 0 Å². The Hall–Kier alpha value is -3.15. The van der Waals surface area contributed by atoms with Crippen LogP contribution in [0.2, 0.25) is 0 Å². The van der Waals surface area contributed by atoms with Crippen LogP contribution in [0.5, 0.6) is 0 Å². The molecule has 0 saturated carbocycles. The van der Waals surface area contributed by atoms with Gasteiger partial charge in [0.2, 0.25) is 0 Å². The van der Waals surface area contributed by atoms with Crippen molar-refractivity contribution in [3.63, 3.8) is 0 Å². The number of aryl methyl sites for hydroxylation is 1. The minimum atomic E-state index is 0.0783. The fourth-order valence-corrected chi connectivity index (χ4v) is 3.71. The van der Waals surface area contributed by atoms with E-state index in [4.69, 9.17) is 0 Å². The first-order valence-electron chi connectivity index (χ1n) is 10.2. The zero-order valence-corrected chi connectivity index (χ0v) is 17.0. The van der Waals surface area contributed by atoms with Crippen LogP contribution in [0.3, 0.4) is 0 Å². The van der Waals surface area contributed by atoms with Crippen molar-refractivity contribution in [2.45, 2.75) is 26.3 Å². The second-order valence-electron chi connectivity index (χ2n) is 7.80. The SMILES string of the molecule is CC1CCN(C(=O)c2ccc(NCc3cn(C)nc3-c3ccccc3)nc2)CC1. The molecule has 0 unspecified atom stereocenters. The van der Waals surface area contributed by atoms with Gasteiger partial charge in [0.1, 0.15) is 5.82 Å². The van der Waals surface area contributed by atoms with Gasteiger partial charge in [0.15, 0.2) is 0 Å². The molecule has 0 atom stereocenters. The smallest absolute Gasteiger partial charge is 0.255 e. The second-order valence-corrected chi connectivity index (χ2v) is 7.80. The number of hydrogen-bond acceptors (Lipinski definition) is 4. The molecule has 0 spiro atoms. The van der Waals surface area contributed by atoms with Crippen LogP contribution >= 0.6 is 0 Å². The zero-order chi connectivity index (χ0) is 20.2. The largest absolute Gasteiger partial charge is 0.366 e. The van der Waals surface area contributed by atoms with Crippen LogP contribution in [0, 0.1) is 5.92 Å². The average Bonchev–Trinajstić information content (AvgIpc) is 3.14. The lowest BCUT2D eigenvalue weighted by atomic mass is 9.99. The number of piperidine rings is 1. The van der Waals surface area contributed by atoms with Crippen LogP contribution in [-0.4, -0.2) is 38.7 Å². The lowest BCUT2D eigenvalue weighted by Crippen LogP contribution is -2.37. The van der Waals surface area contributed by atoms with E-state index in [0.717, 1.165) is 48.6 Å². The molecule has 0 radical (unpaired) electrons. The molecule has 1 saturated heterocycles. The summed E-state index contributed by atoms with van der Waals surface area (Å²) in [6.45, 7) is 4.53. The number of benzene rings is 1. The number of aromatic nitrogens is 3. The van der Waals surface area contributed by atoms with Gasteiger partial charge in [-0.1, -0.05) is 37.3 Å². The third kappa shape index (κ3) is 4.47. The lowest BCUT2D eigenvalue weighted by molar-refractivity contribution is 0.0697. The van der Waals surface area contributed by atoms with Gasteiger partial charge < -0.3 is 10.2 Å². The van der Waals surface area contributed by atoms with E-state index in [-0.39, 0.29) is 5.91 Å². The highest BCUT2D eigenvalue weighted by Crippen LogP contribution is 2.23. The van der Waals surface area contributed by atoms with Gasteiger partial charge >= 0.3 is 0 Å². The van der Waals surface area contributed by atoms with Crippen molar-refractivity contribution in [1.82, 2.24) is 19.7 Å². The quantitative estimate of drug-likeness (QED) is 0.717. The molecule has 3 heterocycles. The zero-order valence-electron chi connectivity index (χ0n) is 17.0. The minimum Gasteiger partial charge on any atom is -0.366 e. The van der Waals surface area contributed by atoms with Crippen molar-refractivity contribution >= 4 is 11.7 Å². The summed E-state index contributed by atoms with van der Waals surface area (Å²) < 4.78 is 1.83. The summed E-state index contributed by atoms with van der Waals surface area (Å²) in [6.07, 6.45) is 5.84. The third-order valence-electron chi connectivity index (χ3n) is 5.49. The normalized spacial score (nSPS) is 14.8. The van der Waals surface area contributed by atoms with Crippen LogP contribution < -0.4 is 5.32 Å². The van der Waals surface area contributed by atoms with Crippen LogP contribution in [0.25, 0.3) is 11.3 Å². The van der Waals surface area contributed by atoms with Crippen molar-refractivity contribution in [2.75, 3.05) is 18.4 Å². The Balaban J connectivity index is 1.41. The summed E-state index contributed by atoms with van der Waals surface area (Å²) >= 11 is 0. The van der Waals surface area contributed by atoms with E-state index in [1.54, 1.807) is 6.20 Å². The summed E-state index contributed by atoms with van der Waals surface area (Å²) in [7, 11) is 1.93. The Morgan fingerprint density at radius 2 is 1.90 bits per heavy atom. The highest BCUT2D eigenvalue weighted by atomic mass is 16.2. The van der Waals surface area contributed by atoms with Gasteiger partial charge in [-0.3, -0.25) is 9.48 Å². The molecule has 150 valence electrons. The van der Waals surface area contributed by atoms with Gasteiger partial charge in [0.25, 0.3) is 5.91 Å². The van der Waals surface area contributed by atoms with Crippen molar-refractivity contribution in [3.05, 3.63) is 66.0 Å². The van der Waals surface area contributed by atoms with Crippen LogP contribution in [0.4, 0.5) is 5.82 Å². The third-order valence-corrected chi connectivity index (χ3v) is 5.49. The summed E-state index contributed by atoms with van der Waals surface area (Å²) in [5.74, 6) is 1.53. The Morgan fingerprint density at radius 1 is 1.14 bits per heavy atom. The van der Waals surface area contributed by atoms with E-state index >= 15 is 0 Å². The number of nitrogens with one attached hydrogen (secondary N) is 1. The Morgan fingerprint density at radius 3 is 2.59 bits per heavy atom. The number of pyridine rings is 1. The summed E-state index contributed by atoms with van der Waals surface area (Å²) in [4.78, 5) is 19.0. The standard InChI is InChI=1S/C23H27N5O/c1-17-10-12-28(13-11-17)23(29)19-8-9-21(24-14-19)25-15-20-16-27(2)26-22(20)18-6-4-3-5-7-18/h3-9,14,16-17H,10-13,15H2,1-2H3,(H,24,25). The van der Waals surface area contributed by atoms with E-state index in [1.807, 2.05) is 53.2 Å². The maximum absolute atomic E-state index is 12.7. The molecule has 1 aliphatic heterocycles. The maximum Gasteiger partial charge on any atom is 0.255 e. The summed E-state index contributed by atoms with van der Waals surface area (Å²) in [6, 6.07) is 13.9. The van der Waals surface area contributed by atoms with Gasteiger partial charge in [0.05, 0.1) is 11.3 Å². The molecule has 1 fully saturated rings.